The molecule has 0 bridgehead atoms. The normalized spacial score (nSPS) is 11.4. The lowest BCUT2D eigenvalue weighted by Gasteiger charge is -2.08. The van der Waals surface area contributed by atoms with Crippen LogP contribution in [0, 0.1) is 5.82 Å². The molecule has 8 heteroatoms. The first-order valence-electron chi connectivity index (χ1n) is 5.17. The molecule has 0 unspecified atom stereocenters. The summed E-state index contributed by atoms with van der Waals surface area (Å²) in [6, 6.07) is 4.03. The summed E-state index contributed by atoms with van der Waals surface area (Å²) in [5.74, 6) is -1.26. The molecule has 19 heavy (non-hydrogen) atoms. The maximum atomic E-state index is 13.3. The molecule has 1 aromatic rings. The summed E-state index contributed by atoms with van der Waals surface area (Å²) in [5.41, 5.74) is -0.0379. The molecule has 0 radical (unpaired) electrons. The van der Waals surface area contributed by atoms with Gasteiger partial charge in [-0.25, -0.2) is 4.39 Å². The van der Waals surface area contributed by atoms with E-state index in [4.69, 9.17) is 0 Å². The predicted octanol–water partition coefficient (Wildman–Crippen LogP) is 3.50. The number of carbonyl (C=O) groups is 1. The molecule has 0 aliphatic rings. The minimum atomic E-state index is -4.42. The van der Waals surface area contributed by atoms with Gasteiger partial charge in [-0.1, -0.05) is 15.9 Å². The summed E-state index contributed by atoms with van der Waals surface area (Å²) in [5, 5.41) is 2.24. The maximum Gasteiger partial charge on any atom is 0.411 e. The zero-order valence-corrected chi connectivity index (χ0v) is 11.1. The number of ether oxygens (including phenoxy) is 1. The Balaban J connectivity index is 2.35. The number of benzene rings is 1. The van der Waals surface area contributed by atoms with Crippen molar-refractivity contribution in [2.24, 2.45) is 0 Å². The van der Waals surface area contributed by atoms with Crippen molar-refractivity contribution in [3.63, 3.8) is 0 Å². The molecule has 0 atom stereocenters. The van der Waals surface area contributed by atoms with Crippen molar-refractivity contribution in [3.8, 4) is 0 Å². The van der Waals surface area contributed by atoms with Gasteiger partial charge in [0.15, 0.2) is 0 Å². The number of amides is 1. The molecule has 0 aliphatic heterocycles. The summed E-state index contributed by atoms with van der Waals surface area (Å²) in [7, 11) is 0. The minimum absolute atomic E-state index is 0.0379. The number of anilines is 1. The second-order valence-corrected chi connectivity index (χ2v) is 4.51. The van der Waals surface area contributed by atoms with Gasteiger partial charge in [0.25, 0.3) is 0 Å². The van der Waals surface area contributed by atoms with Gasteiger partial charge in [0, 0.05) is 4.47 Å². The first-order valence-corrected chi connectivity index (χ1v) is 5.96. The average Bonchev–Trinajstić information content (AvgIpc) is 2.27. The van der Waals surface area contributed by atoms with E-state index in [-0.39, 0.29) is 18.7 Å². The molecule has 0 heterocycles. The Labute approximate surface area is 115 Å². The van der Waals surface area contributed by atoms with E-state index in [2.05, 4.69) is 26.0 Å². The summed E-state index contributed by atoms with van der Waals surface area (Å²) in [6.07, 6.45) is -4.71. The van der Waals surface area contributed by atoms with E-state index in [0.29, 0.717) is 4.47 Å². The van der Waals surface area contributed by atoms with Crippen LogP contribution in [0.5, 0.6) is 0 Å². The molecular formula is C11H10BrF4NO2. The third kappa shape index (κ3) is 6.53. The monoisotopic (exact) mass is 343 g/mol. The van der Waals surface area contributed by atoms with Crippen LogP contribution < -0.4 is 5.32 Å². The van der Waals surface area contributed by atoms with Crippen molar-refractivity contribution in [2.75, 3.05) is 18.5 Å². The van der Waals surface area contributed by atoms with Crippen molar-refractivity contribution < 1.29 is 27.1 Å². The van der Waals surface area contributed by atoms with Crippen LogP contribution in [0.25, 0.3) is 0 Å². The lowest BCUT2D eigenvalue weighted by molar-refractivity contribution is -0.174. The Morgan fingerprint density at radius 1 is 1.37 bits per heavy atom. The van der Waals surface area contributed by atoms with Crippen LogP contribution in [-0.4, -0.2) is 25.3 Å². The topological polar surface area (TPSA) is 38.3 Å². The fourth-order valence-corrected chi connectivity index (χ4v) is 1.49. The molecule has 3 nitrogen and oxygen atoms in total. The standard InChI is InChI=1S/C11H10BrF4NO2/c12-7-1-2-9(8(13)5-7)17-10(18)3-4-19-6-11(14,15)16/h1-2,5H,3-4,6H2,(H,17,18). The van der Waals surface area contributed by atoms with Crippen LogP contribution in [0.3, 0.4) is 0 Å². The molecule has 0 fully saturated rings. The average molecular weight is 344 g/mol. The Kier molecular flexibility index (Phi) is 5.74. The van der Waals surface area contributed by atoms with E-state index >= 15 is 0 Å². The van der Waals surface area contributed by atoms with Crippen molar-refractivity contribution in [3.05, 3.63) is 28.5 Å². The van der Waals surface area contributed by atoms with E-state index in [0.717, 1.165) is 6.07 Å². The van der Waals surface area contributed by atoms with Gasteiger partial charge in [-0.3, -0.25) is 4.79 Å². The Hall–Kier alpha value is -1.15. The highest BCUT2D eigenvalue weighted by Gasteiger charge is 2.27. The smallest absolute Gasteiger partial charge is 0.372 e. The molecule has 1 amide bonds. The Morgan fingerprint density at radius 2 is 2.05 bits per heavy atom. The summed E-state index contributed by atoms with van der Waals surface area (Å²) in [6.45, 7) is -1.80. The van der Waals surface area contributed by atoms with E-state index in [1.54, 1.807) is 0 Å². The lowest BCUT2D eigenvalue weighted by atomic mass is 10.3. The number of alkyl halides is 3. The van der Waals surface area contributed by atoms with Crippen molar-refractivity contribution in [1.29, 1.82) is 0 Å². The van der Waals surface area contributed by atoms with Crippen LogP contribution in [0.1, 0.15) is 6.42 Å². The van der Waals surface area contributed by atoms with Gasteiger partial charge in [-0.05, 0) is 18.2 Å². The number of hydrogen-bond donors (Lipinski definition) is 1. The van der Waals surface area contributed by atoms with E-state index in [1.165, 1.54) is 12.1 Å². The largest absolute Gasteiger partial charge is 0.411 e. The fourth-order valence-electron chi connectivity index (χ4n) is 1.16. The highest BCUT2D eigenvalue weighted by molar-refractivity contribution is 9.10. The zero-order valence-electron chi connectivity index (χ0n) is 9.56. The molecule has 1 aromatic carbocycles. The highest BCUT2D eigenvalue weighted by atomic mass is 79.9. The molecule has 1 N–H and O–H groups in total. The molecule has 106 valence electrons. The van der Waals surface area contributed by atoms with Crippen LogP contribution in [0.2, 0.25) is 0 Å². The molecule has 0 spiro atoms. The summed E-state index contributed by atoms with van der Waals surface area (Å²) >= 11 is 3.05. The van der Waals surface area contributed by atoms with Crippen LogP contribution in [-0.2, 0) is 9.53 Å². The quantitative estimate of drug-likeness (QED) is 0.656. The van der Waals surface area contributed by atoms with Crippen molar-refractivity contribution in [2.45, 2.75) is 12.6 Å². The molecule has 0 saturated carbocycles. The summed E-state index contributed by atoms with van der Waals surface area (Å²) in [4.78, 5) is 11.3. The van der Waals surface area contributed by atoms with Gasteiger partial charge in [0.1, 0.15) is 12.4 Å². The van der Waals surface area contributed by atoms with Gasteiger partial charge >= 0.3 is 6.18 Å². The van der Waals surface area contributed by atoms with Crippen LogP contribution in [0.15, 0.2) is 22.7 Å². The molecular weight excluding hydrogens is 334 g/mol. The van der Waals surface area contributed by atoms with Gasteiger partial charge in [-0.2, -0.15) is 13.2 Å². The third-order valence-electron chi connectivity index (χ3n) is 1.94. The minimum Gasteiger partial charge on any atom is -0.372 e. The van der Waals surface area contributed by atoms with E-state index in [9.17, 15) is 22.4 Å². The van der Waals surface area contributed by atoms with E-state index in [1.807, 2.05) is 0 Å². The molecule has 0 aromatic heterocycles. The number of hydrogen-bond acceptors (Lipinski definition) is 2. The second-order valence-electron chi connectivity index (χ2n) is 3.59. The number of halogens is 5. The Morgan fingerprint density at radius 3 is 2.63 bits per heavy atom. The predicted molar refractivity (Wildman–Crippen MR) is 64.2 cm³/mol. The third-order valence-corrected chi connectivity index (χ3v) is 2.44. The van der Waals surface area contributed by atoms with Crippen LogP contribution >= 0.6 is 15.9 Å². The number of nitrogens with one attached hydrogen (secondary N) is 1. The van der Waals surface area contributed by atoms with E-state index < -0.39 is 24.5 Å². The molecule has 0 aliphatic carbocycles. The van der Waals surface area contributed by atoms with Gasteiger partial charge < -0.3 is 10.1 Å². The van der Waals surface area contributed by atoms with Crippen LogP contribution in [0.4, 0.5) is 23.2 Å². The number of rotatable bonds is 5. The van der Waals surface area contributed by atoms with Gasteiger partial charge in [0.05, 0.1) is 18.7 Å². The zero-order chi connectivity index (χ0) is 14.5. The SMILES string of the molecule is O=C(CCOCC(F)(F)F)Nc1ccc(Br)cc1F. The fraction of sp³-hybridized carbons (Fsp3) is 0.364. The van der Waals surface area contributed by atoms with Gasteiger partial charge in [-0.15, -0.1) is 0 Å². The van der Waals surface area contributed by atoms with Gasteiger partial charge in [0.2, 0.25) is 5.91 Å². The highest BCUT2D eigenvalue weighted by Crippen LogP contribution is 2.19. The molecule has 0 saturated heterocycles. The number of carbonyl (C=O) groups excluding carboxylic acids is 1. The van der Waals surface area contributed by atoms with Crippen molar-refractivity contribution in [1.82, 2.24) is 0 Å². The Bertz CT molecular complexity index is 451. The molecule has 1 rings (SSSR count). The maximum absolute atomic E-state index is 13.3. The second kappa shape index (κ2) is 6.85. The van der Waals surface area contributed by atoms with Crippen molar-refractivity contribution >= 4 is 27.5 Å². The first-order chi connectivity index (χ1) is 8.78. The summed E-state index contributed by atoms with van der Waals surface area (Å²) < 4.78 is 53.3. The lowest BCUT2D eigenvalue weighted by Crippen LogP contribution is -2.20. The first kappa shape index (κ1) is 15.9.